The second-order valence-corrected chi connectivity index (χ2v) is 9.47. The van der Waals surface area contributed by atoms with Crippen molar-refractivity contribution in [2.45, 2.75) is 70.4 Å². The molecule has 1 spiro atoms. The number of nitrogens with one attached hydrogen (secondary N) is 2. The number of nitrogens with zero attached hydrogens (tertiary/aromatic N) is 4. The molecule has 2 aliphatic heterocycles. The van der Waals surface area contributed by atoms with E-state index in [1.54, 1.807) is 6.07 Å². The number of fused-ring (bicyclic) bond motifs is 1. The number of imide groups is 1. The third-order valence-electron chi connectivity index (χ3n) is 7.32. The minimum absolute atomic E-state index is 0.0609. The van der Waals surface area contributed by atoms with Crippen LogP contribution in [0.1, 0.15) is 57.7 Å². The van der Waals surface area contributed by atoms with Gasteiger partial charge in [0.1, 0.15) is 17.9 Å². The first-order chi connectivity index (χ1) is 16.0. The second kappa shape index (κ2) is 8.61. The van der Waals surface area contributed by atoms with E-state index in [-0.39, 0.29) is 18.4 Å². The van der Waals surface area contributed by atoms with Crippen molar-refractivity contribution in [1.29, 1.82) is 0 Å². The summed E-state index contributed by atoms with van der Waals surface area (Å²) in [6, 6.07) is 6.97. The van der Waals surface area contributed by atoms with Crippen molar-refractivity contribution in [2.75, 3.05) is 11.9 Å². The van der Waals surface area contributed by atoms with E-state index in [4.69, 9.17) is 0 Å². The highest BCUT2D eigenvalue weighted by Crippen LogP contribution is 2.38. The number of amides is 4. The fourth-order valence-electron chi connectivity index (χ4n) is 5.42. The number of carbonyl (C=O) groups is 3. The molecule has 2 aromatic rings. The van der Waals surface area contributed by atoms with Gasteiger partial charge in [0.2, 0.25) is 5.91 Å². The van der Waals surface area contributed by atoms with Crippen molar-refractivity contribution < 1.29 is 14.4 Å². The van der Waals surface area contributed by atoms with E-state index in [0.717, 1.165) is 67.2 Å². The van der Waals surface area contributed by atoms with Gasteiger partial charge < -0.3 is 15.2 Å². The van der Waals surface area contributed by atoms with E-state index in [1.165, 1.54) is 6.42 Å². The molecule has 0 radical (unpaired) electrons. The van der Waals surface area contributed by atoms with Crippen molar-refractivity contribution in [3.8, 4) is 11.4 Å². The normalized spacial score (nSPS) is 25.0. The molecule has 1 aliphatic carbocycles. The van der Waals surface area contributed by atoms with Crippen LogP contribution in [0.15, 0.2) is 24.3 Å². The van der Waals surface area contributed by atoms with Crippen LogP contribution in [-0.4, -0.2) is 49.6 Å². The van der Waals surface area contributed by atoms with Gasteiger partial charge in [-0.25, -0.2) is 4.79 Å². The minimum atomic E-state index is -0.860. The Morgan fingerprint density at radius 2 is 2.06 bits per heavy atom. The van der Waals surface area contributed by atoms with Crippen molar-refractivity contribution >= 4 is 23.5 Å². The van der Waals surface area contributed by atoms with E-state index in [0.29, 0.717) is 12.1 Å². The number of urea groups is 1. The summed E-state index contributed by atoms with van der Waals surface area (Å²) in [6.07, 6.45) is 7.80. The van der Waals surface area contributed by atoms with Crippen LogP contribution < -0.4 is 10.6 Å². The summed E-state index contributed by atoms with van der Waals surface area (Å²) >= 11 is 0. The molecular formula is C24H30N6O3. The zero-order chi connectivity index (χ0) is 23.0. The number of aromatic nitrogens is 3. The van der Waals surface area contributed by atoms with Gasteiger partial charge in [-0.3, -0.25) is 14.5 Å². The standard InChI is InChI=1S/C24H30N6O3/c1-16-8-4-5-12-24(16)22(32)30(23(33)26-24)15-20(31)25-18-10-7-9-17(14-18)21-28-27-19-11-3-2-6-13-29(19)21/h7,9-10,14,16H,2-6,8,11-13,15H2,1H3,(H,25,31)(H,26,33)/t16-,24-/m0/s1. The van der Waals surface area contributed by atoms with Gasteiger partial charge in [-0.15, -0.1) is 10.2 Å². The van der Waals surface area contributed by atoms with Gasteiger partial charge in [0.15, 0.2) is 5.82 Å². The van der Waals surface area contributed by atoms with Crippen LogP contribution in [0.5, 0.6) is 0 Å². The quantitative estimate of drug-likeness (QED) is 0.696. The molecule has 9 heteroatoms. The van der Waals surface area contributed by atoms with Crippen LogP contribution >= 0.6 is 0 Å². The smallest absolute Gasteiger partial charge is 0.325 e. The average molecular weight is 451 g/mol. The summed E-state index contributed by atoms with van der Waals surface area (Å²) in [6.45, 7) is 2.59. The number of hydrogen-bond acceptors (Lipinski definition) is 5. The van der Waals surface area contributed by atoms with Gasteiger partial charge in [-0.1, -0.05) is 38.3 Å². The summed E-state index contributed by atoms with van der Waals surface area (Å²) in [7, 11) is 0. The number of aryl methyl sites for hydroxylation is 1. The predicted molar refractivity (Wildman–Crippen MR) is 122 cm³/mol. The SMILES string of the molecule is C[C@H]1CCCC[C@]12NC(=O)N(CC(=O)Nc1cccc(-c3nnc4n3CCCCC4)c1)C2=O. The Bertz CT molecular complexity index is 1100. The van der Waals surface area contributed by atoms with Crippen LogP contribution in [0.4, 0.5) is 10.5 Å². The molecule has 174 valence electrons. The van der Waals surface area contributed by atoms with Crippen LogP contribution in [0.3, 0.4) is 0 Å². The molecule has 3 aliphatic rings. The Morgan fingerprint density at radius 3 is 2.91 bits per heavy atom. The number of carbonyl (C=O) groups excluding carboxylic acids is 3. The third-order valence-corrected chi connectivity index (χ3v) is 7.32. The molecule has 0 unspecified atom stereocenters. The highest BCUT2D eigenvalue weighted by atomic mass is 16.2. The molecule has 0 bridgehead atoms. The van der Waals surface area contributed by atoms with Crippen molar-refractivity contribution in [1.82, 2.24) is 25.0 Å². The summed E-state index contributed by atoms with van der Waals surface area (Å²) in [5.74, 6) is 1.17. The highest BCUT2D eigenvalue weighted by molar-refractivity contribution is 6.10. The van der Waals surface area contributed by atoms with E-state index in [1.807, 2.05) is 25.1 Å². The Kier molecular flexibility index (Phi) is 5.64. The van der Waals surface area contributed by atoms with Crippen molar-refractivity contribution in [2.24, 2.45) is 5.92 Å². The molecule has 4 amide bonds. The van der Waals surface area contributed by atoms with Crippen LogP contribution in [0, 0.1) is 5.92 Å². The molecule has 2 fully saturated rings. The van der Waals surface area contributed by atoms with Crippen LogP contribution in [0.2, 0.25) is 0 Å². The number of anilines is 1. The monoisotopic (exact) mass is 450 g/mol. The van der Waals surface area contributed by atoms with Crippen LogP contribution in [-0.2, 0) is 22.6 Å². The molecule has 5 rings (SSSR count). The van der Waals surface area contributed by atoms with Crippen molar-refractivity contribution in [3.63, 3.8) is 0 Å². The molecular weight excluding hydrogens is 420 g/mol. The fourth-order valence-corrected chi connectivity index (χ4v) is 5.42. The van der Waals surface area contributed by atoms with Gasteiger partial charge in [-0.2, -0.15) is 0 Å². The Balaban J connectivity index is 1.29. The van der Waals surface area contributed by atoms with E-state index < -0.39 is 17.5 Å². The molecule has 2 N–H and O–H groups in total. The number of benzene rings is 1. The number of rotatable bonds is 4. The second-order valence-electron chi connectivity index (χ2n) is 9.47. The van der Waals surface area contributed by atoms with Gasteiger partial charge in [0.05, 0.1) is 0 Å². The molecule has 1 aromatic heterocycles. The summed E-state index contributed by atoms with van der Waals surface area (Å²) in [5.41, 5.74) is 0.607. The van der Waals surface area contributed by atoms with Gasteiger partial charge >= 0.3 is 6.03 Å². The predicted octanol–water partition coefficient (Wildman–Crippen LogP) is 3.11. The lowest BCUT2D eigenvalue weighted by Gasteiger charge is -2.36. The Morgan fingerprint density at radius 1 is 1.18 bits per heavy atom. The van der Waals surface area contributed by atoms with Gasteiger partial charge in [0.25, 0.3) is 5.91 Å². The van der Waals surface area contributed by atoms with E-state index in [2.05, 4.69) is 25.4 Å². The first-order valence-electron chi connectivity index (χ1n) is 11.9. The first-order valence-corrected chi connectivity index (χ1v) is 11.9. The van der Waals surface area contributed by atoms with Gasteiger partial charge in [0, 0.05) is 24.2 Å². The molecule has 9 nitrogen and oxygen atoms in total. The molecule has 1 saturated carbocycles. The van der Waals surface area contributed by atoms with E-state index >= 15 is 0 Å². The fraction of sp³-hybridized carbons (Fsp3) is 0.542. The topological polar surface area (TPSA) is 109 Å². The maximum atomic E-state index is 13.1. The molecule has 33 heavy (non-hydrogen) atoms. The maximum Gasteiger partial charge on any atom is 0.325 e. The average Bonchev–Trinajstić information content (AvgIpc) is 3.19. The largest absolute Gasteiger partial charge is 0.325 e. The van der Waals surface area contributed by atoms with Crippen LogP contribution in [0.25, 0.3) is 11.4 Å². The zero-order valence-electron chi connectivity index (χ0n) is 19.0. The Hall–Kier alpha value is -3.23. The number of hydrogen-bond donors (Lipinski definition) is 2. The first kappa shape index (κ1) is 21.6. The lowest BCUT2D eigenvalue weighted by atomic mass is 9.73. The highest BCUT2D eigenvalue weighted by Gasteiger charge is 2.55. The zero-order valence-corrected chi connectivity index (χ0v) is 19.0. The maximum absolute atomic E-state index is 13.1. The molecule has 2 atom stereocenters. The summed E-state index contributed by atoms with van der Waals surface area (Å²) in [4.78, 5) is 39.5. The lowest BCUT2D eigenvalue weighted by Crippen LogP contribution is -2.54. The summed E-state index contributed by atoms with van der Waals surface area (Å²) in [5, 5.41) is 14.5. The Labute approximate surface area is 192 Å². The van der Waals surface area contributed by atoms with E-state index in [9.17, 15) is 14.4 Å². The molecule has 1 aromatic carbocycles. The molecule has 3 heterocycles. The van der Waals surface area contributed by atoms with Gasteiger partial charge in [-0.05, 0) is 43.7 Å². The minimum Gasteiger partial charge on any atom is -0.325 e. The summed E-state index contributed by atoms with van der Waals surface area (Å²) < 4.78 is 2.16. The molecule has 1 saturated heterocycles. The lowest BCUT2D eigenvalue weighted by molar-refractivity contribution is -0.136. The third kappa shape index (κ3) is 3.89. The van der Waals surface area contributed by atoms with Crippen molar-refractivity contribution in [3.05, 3.63) is 30.1 Å².